The molecule has 1 heterocycles. The number of aryl methyl sites for hydroxylation is 2. The van der Waals surface area contributed by atoms with Crippen LogP contribution in [0.4, 0.5) is 0 Å². The molecule has 0 fully saturated rings. The topological polar surface area (TPSA) is 72.6 Å². The van der Waals surface area contributed by atoms with Gasteiger partial charge in [0.2, 0.25) is 5.91 Å². The van der Waals surface area contributed by atoms with Gasteiger partial charge in [0.1, 0.15) is 5.76 Å². The van der Waals surface area contributed by atoms with Gasteiger partial charge in [-0.2, -0.15) is 0 Å². The Morgan fingerprint density at radius 2 is 2.00 bits per heavy atom. The van der Waals surface area contributed by atoms with Gasteiger partial charge in [-0.25, -0.2) is 0 Å². The second kappa shape index (κ2) is 7.67. The van der Waals surface area contributed by atoms with Gasteiger partial charge in [0.05, 0.1) is 12.8 Å². The summed E-state index contributed by atoms with van der Waals surface area (Å²) in [6.07, 6.45) is 1.98. The van der Waals surface area contributed by atoms with Gasteiger partial charge in [-0.3, -0.25) is 9.59 Å². The number of aromatic nitrogens is 1. The summed E-state index contributed by atoms with van der Waals surface area (Å²) in [6.45, 7) is 4.27. The number of rotatable bonds is 7. The second-order valence-corrected chi connectivity index (χ2v) is 4.80. The normalized spacial score (nSPS) is 10.4. The molecule has 0 saturated heterocycles. The maximum atomic E-state index is 12.0. The summed E-state index contributed by atoms with van der Waals surface area (Å²) < 4.78 is 9.62. The predicted octanol–water partition coefficient (Wildman–Crippen LogP) is 1.64. The van der Waals surface area contributed by atoms with Crippen LogP contribution in [0.25, 0.3) is 0 Å². The number of carbonyl (C=O) groups is 2. The summed E-state index contributed by atoms with van der Waals surface area (Å²) in [4.78, 5) is 24.6. The summed E-state index contributed by atoms with van der Waals surface area (Å²) >= 11 is 0. The predicted molar refractivity (Wildman–Crippen MR) is 73.2 cm³/mol. The van der Waals surface area contributed by atoms with Gasteiger partial charge in [0.15, 0.2) is 0 Å². The zero-order valence-corrected chi connectivity index (χ0v) is 12.6. The highest BCUT2D eigenvalue weighted by molar-refractivity contribution is 5.76. The Morgan fingerprint density at radius 3 is 2.55 bits per heavy atom. The van der Waals surface area contributed by atoms with Crippen molar-refractivity contribution in [3.63, 3.8) is 0 Å². The molecule has 1 aromatic rings. The Kier molecular flexibility index (Phi) is 6.21. The maximum absolute atomic E-state index is 12.0. The van der Waals surface area contributed by atoms with Crippen LogP contribution in [0.15, 0.2) is 4.52 Å². The number of ether oxygens (including phenoxy) is 1. The SMILES string of the molecule is COC(=O)CCCN(C)C(=O)CCc1c(C)noc1C. The first-order valence-electron chi connectivity index (χ1n) is 6.68. The van der Waals surface area contributed by atoms with Crippen LogP contribution in [0, 0.1) is 13.8 Å². The number of hydrogen-bond acceptors (Lipinski definition) is 5. The van der Waals surface area contributed by atoms with Gasteiger partial charge in [0.25, 0.3) is 0 Å². The molecule has 0 bridgehead atoms. The first kappa shape index (κ1) is 16.2. The summed E-state index contributed by atoms with van der Waals surface area (Å²) in [6, 6.07) is 0. The summed E-state index contributed by atoms with van der Waals surface area (Å²) in [5.74, 6) is 0.570. The molecule has 0 saturated carbocycles. The lowest BCUT2D eigenvalue weighted by molar-refractivity contribution is -0.141. The molecule has 0 N–H and O–H groups in total. The lowest BCUT2D eigenvalue weighted by Gasteiger charge is -2.16. The second-order valence-electron chi connectivity index (χ2n) is 4.80. The van der Waals surface area contributed by atoms with E-state index in [4.69, 9.17) is 4.52 Å². The lowest BCUT2D eigenvalue weighted by atomic mass is 10.1. The quantitative estimate of drug-likeness (QED) is 0.711. The van der Waals surface area contributed by atoms with Crippen molar-refractivity contribution in [2.24, 2.45) is 0 Å². The third-order valence-corrected chi connectivity index (χ3v) is 3.30. The Morgan fingerprint density at radius 1 is 1.30 bits per heavy atom. The van der Waals surface area contributed by atoms with Gasteiger partial charge in [-0.15, -0.1) is 0 Å². The van der Waals surface area contributed by atoms with Crippen molar-refractivity contribution in [2.75, 3.05) is 20.7 Å². The minimum atomic E-state index is -0.249. The van der Waals surface area contributed by atoms with Crippen LogP contribution in [0.2, 0.25) is 0 Å². The van der Waals surface area contributed by atoms with Crippen LogP contribution in [0.3, 0.4) is 0 Å². The van der Waals surface area contributed by atoms with Crippen molar-refractivity contribution < 1.29 is 18.8 Å². The van der Waals surface area contributed by atoms with E-state index in [1.807, 2.05) is 13.8 Å². The summed E-state index contributed by atoms with van der Waals surface area (Å²) in [5.41, 5.74) is 1.84. The third-order valence-electron chi connectivity index (χ3n) is 3.30. The Balaban J connectivity index is 2.33. The zero-order valence-electron chi connectivity index (χ0n) is 12.6. The third kappa shape index (κ3) is 4.68. The molecule has 0 aliphatic carbocycles. The number of amides is 1. The highest BCUT2D eigenvalue weighted by Gasteiger charge is 2.14. The molecule has 6 heteroatoms. The fraction of sp³-hybridized carbons (Fsp3) is 0.643. The van der Waals surface area contributed by atoms with Crippen molar-refractivity contribution in [1.29, 1.82) is 0 Å². The monoisotopic (exact) mass is 282 g/mol. The van der Waals surface area contributed by atoms with E-state index in [1.165, 1.54) is 7.11 Å². The molecule has 0 aliphatic heterocycles. The highest BCUT2D eigenvalue weighted by atomic mass is 16.5. The Hall–Kier alpha value is -1.85. The standard InChI is InChI=1S/C14H22N2O4/c1-10-12(11(2)20-15-10)7-8-13(17)16(3)9-5-6-14(18)19-4/h5-9H2,1-4H3. The van der Waals surface area contributed by atoms with E-state index in [2.05, 4.69) is 9.89 Å². The van der Waals surface area contributed by atoms with Crippen LogP contribution in [-0.2, 0) is 20.7 Å². The first-order valence-corrected chi connectivity index (χ1v) is 6.68. The molecular weight excluding hydrogens is 260 g/mol. The molecular formula is C14H22N2O4. The molecule has 112 valence electrons. The lowest BCUT2D eigenvalue weighted by Crippen LogP contribution is -2.28. The van der Waals surface area contributed by atoms with Crippen molar-refractivity contribution >= 4 is 11.9 Å². The first-order chi connectivity index (χ1) is 9.45. The van der Waals surface area contributed by atoms with Gasteiger partial charge in [-0.1, -0.05) is 5.16 Å². The molecule has 0 aromatic carbocycles. The summed E-state index contributed by atoms with van der Waals surface area (Å²) in [5, 5.41) is 3.87. The Labute approximate surface area is 119 Å². The van der Waals surface area contributed by atoms with Crippen LogP contribution >= 0.6 is 0 Å². The van der Waals surface area contributed by atoms with Crippen molar-refractivity contribution in [3.05, 3.63) is 17.0 Å². The van der Waals surface area contributed by atoms with E-state index >= 15 is 0 Å². The van der Waals surface area contributed by atoms with Gasteiger partial charge < -0.3 is 14.2 Å². The van der Waals surface area contributed by atoms with Crippen molar-refractivity contribution in [1.82, 2.24) is 10.1 Å². The largest absolute Gasteiger partial charge is 0.469 e. The van der Waals surface area contributed by atoms with Crippen LogP contribution < -0.4 is 0 Å². The van der Waals surface area contributed by atoms with E-state index in [1.54, 1.807) is 11.9 Å². The number of hydrogen-bond donors (Lipinski definition) is 0. The van der Waals surface area contributed by atoms with E-state index in [-0.39, 0.29) is 11.9 Å². The van der Waals surface area contributed by atoms with E-state index < -0.39 is 0 Å². The smallest absolute Gasteiger partial charge is 0.305 e. The average Bonchev–Trinajstić information content (AvgIpc) is 2.75. The maximum Gasteiger partial charge on any atom is 0.305 e. The van der Waals surface area contributed by atoms with Crippen molar-refractivity contribution in [3.8, 4) is 0 Å². The molecule has 0 atom stereocenters. The van der Waals surface area contributed by atoms with Crippen LogP contribution in [0.5, 0.6) is 0 Å². The molecule has 1 rings (SSSR count). The van der Waals surface area contributed by atoms with Gasteiger partial charge >= 0.3 is 5.97 Å². The molecule has 6 nitrogen and oxygen atoms in total. The minimum absolute atomic E-state index is 0.0508. The number of methoxy groups -OCH3 is 1. The Bertz CT molecular complexity index is 448. The highest BCUT2D eigenvalue weighted by Crippen LogP contribution is 2.14. The number of nitrogens with zero attached hydrogens (tertiary/aromatic N) is 2. The van der Waals surface area contributed by atoms with Crippen molar-refractivity contribution in [2.45, 2.75) is 39.5 Å². The van der Waals surface area contributed by atoms with E-state index in [9.17, 15) is 9.59 Å². The van der Waals surface area contributed by atoms with Gasteiger partial charge in [-0.05, 0) is 26.7 Å². The molecule has 0 radical (unpaired) electrons. The number of esters is 1. The molecule has 20 heavy (non-hydrogen) atoms. The fourth-order valence-corrected chi connectivity index (χ4v) is 1.97. The van der Waals surface area contributed by atoms with E-state index in [0.717, 1.165) is 17.0 Å². The molecule has 0 aliphatic rings. The molecule has 0 unspecified atom stereocenters. The summed E-state index contributed by atoms with van der Waals surface area (Å²) in [7, 11) is 3.10. The van der Waals surface area contributed by atoms with E-state index in [0.29, 0.717) is 32.2 Å². The zero-order chi connectivity index (χ0) is 15.1. The van der Waals surface area contributed by atoms with Gasteiger partial charge in [0, 0.05) is 32.0 Å². The molecule has 0 spiro atoms. The molecule has 1 amide bonds. The number of carbonyl (C=O) groups excluding carboxylic acids is 2. The minimum Gasteiger partial charge on any atom is -0.469 e. The van der Waals surface area contributed by atoms with Crippen LogP contribution in [-0.4, -0.2) is 42.6 Å². The fourth-order valence-electron chi connectivity index (χ4n) is 1.97. The average molecular weight is 282 g/mol. The molecule has 1 aromatic heterocycles. The van der Waals surface area contributed by atoms with Crippen LogP contribution in [0.1, 0.15) is 36.3 Å².